The Bertz CT molecular complexity index is 607. The summed E-state index contributed by atoms with van der Waals surface area (Å²) in [4.78, 5) is 7.03. The molecular formula is C16H23BrClN3. The Morgan fingerprint density at radius 1 is 1.33 bits per heavy atom. The fourth-order valence-corrected chi connectivity index (χ4v) is 3.23. The molecule has 0 spiro atoms. The van der Waals surface area contributed by atoms with Gasteiger partial charge in [0.1, 0.15) is 5.82 Å². The van der Waals surface area contributed by atoms with Gasteiger partial charge in [0.25, 0.3) is 0 Å². The highest BCUT2D eigenvalue weighted by molar-refractivity contribution is 9.10. The first kappa shape index (κ1) is 16.8. The molecule has 5 heteroatoms. The van der Waals surface area contributed by atoms with Crippen molar-refractivity contribution in [2.45, 2.75) is 26.3 Å². The minimum absolute atomic E-state index is 0.387. The standard InChI is InChI=1S/C16H23BrClN3/c1-11(2)15(10-20(3)4)21-14-9-12(17)5-6-13(14)19-16(21)7-8-18/h5-6,9,11,15H,7-8,10H2,1-4H3. The van der Waals surface area contributed by atoms with Crippen molar-refractivity contribution in [2.75, 3.05) is 26.5 Å². The summed E-state index contributed by atoms with van der Waals surface area (Å²) in [6.45, 7) is 5.52. The zero-order chi connectivity index (χ0) is 15.6. The number of benzene rings is 1. The number of imidazole rings is 1. The Labute approximate surface area is 140 Å². The summed E-state index contributed by atoms with van der Waals surface area (Å²) in [7, 11) is 4.23. The number of alkyl halides is 1. The zero-order valence-electron chi connectivity index (χ0n) is 13.1. The third kappa shape index (κ3) is 3.79. The average molecular weight is 373 g/mol. The number of rotatable bonds is 6. The summed E-state index contributed by atoms with van der Waals surface area (Å²) in [5.74, 6) is 2.20. The lowest BCUT2D eigenvalue weighted by Gasteiger charge is -2.28. The molecule has 0 bridgehead atoms. The van der Waals surface area contributed by atoms with Crippen molar-refractivity contribution in [2.24, 2.45) is 5.92 Å². The Morgan fingerprint density at radius 3 is 2.62 bits per heavy atom. The van der Waals surface area contributed by atoms with Crippen LogP contribution in [0.2, 0.25) is 0 Å². The summed E-state index contributed by atoms with van der Waals surface area (Å²) < 4.78 is 3.47. The van der Waals surface area contributed by atoms with E-state index in [2.05, 4.69) is 65.5 Å². The van der Waals surface area contributed by atoms with Gasteiger partial charge in [-0.25, -0.2) is 4.98 Å². The van der Waals surface area contributed by atoms with Crippen LogP contribution in [0.25, 0.3) is 11.0 Å². The van der Waals surface area contributed by atoms with E-state index in [-0.39, 0.29) is 0 Å². The van der Waals surface area contributed by atoms with Crippen LogP contribution in [0.3, 0.4) is 0 Å². The van der Waals surface area contributed by atoms with Gasteiger partial charge in [-0.2, -0.15) is 0 Å². The molecule has 0 saturated heterocycles. The molecule has 1 atom stereocenters. The second-order valence-corrected chi connectivity index (χ2v) is 7.34. The number of aromatic nitrogens is 2. The molecule has 0 aliphatic carbocycles. The Morgan fingerprint density at radius 2 is 2.05 bits per heavy atom. The Balaban J connectivity index is 2.61. The number of likely N-dealkylation sites (N-methyl/N-ethyl adjacent to an activating group) is 1. The van der Waals surface area contributed by atoms with Gasteiger partial charge in [-0.05, 0) is 38.2 Å². The van der Waals surface area contributed by atoms with Crippen LogP contribution in [-0.4, -0.2) is 41.0 Å². The molecule has 2 rings (SSSR count). The zero-order valence-corrected chi connectivity index (χ0v) is 15.4. The molecule has 1 unspecified atom stereocenters. The van der Waals surface area contributed by atoms with Crippen molar-refractivity contribution < 1.29 is 0 Å². The first-order valence-corrected chi connectivity index (χ1v) is 8.63. The maximum Gasteiger partial charge on any atom is 0.111 e. The van der Waals surface area contributed by atoms with Crippen molar-refractivity contribution in [3.63, 3.8) is 0 Å². The van der Waals surface area contributed by atoms with Gasteiger partial charge < -0.3 is 9.47 Å². The van der Waals surface area contributed by atoms with E-state index < -0.39 is 0 Å². The van der Waals surface area contributed by atoms with Gasteiger partial charge >= 0.3 is 0 Å². The van der Waals surface area contributed by atoms with E-state index in [9.17, 15) is 0 Å². The van der Waals surface area contributed by atoms with Gasteiger partial charge in [0, 0.05) is 23.3 Å². The van der Waals surface area contributed by atoms with Crippen molar-refractivity contribution in [3.05, 3.63) is 28.5 Å². The van der Waals surface area contributed by atoms with E-state index >= 15 is 0 Å². The third-order valence-electron chi connectivity index (χ3n) is 3.70. The van der Waals surface area contributed by atoms with E-state index in [1.165, 1.54) is 5.52 Å². The number of hydrogen-bond donors (Lipinski definition) is 0. The van der Waals surface area contributed by atoms with Gasteiger partial charge in [-0.3, -0.25) is 0 Å². The van der Waals surface area contributed by atoms with Crippen LogP contribution in [0.15, 0.2) is 22.7 Å². The molecule has 1 aromatic carbocycles. The minimum Gasteiger partial charge on any atom is -0.323 e. The van der Waals surface area contributed by atoms with Gasteiger partial charge in [-0.15, -0.1) is 11.6 Å². The molecule has 0 radical (unpaired) electrons. The molecule has 1 heterocycles. The van der Waals surface area contributed by atoms with Crippen LogP contribution < -0.4 is 0 Å². The van der Waals surface area contributed by atoms with Crippen molar-refractivity contribution in [3.8, 4) is 0 Å². The molecule has 0 saturated carbocycles. The fraction of sp³-hybridized carbons (Fsp3) is 0.562. The maximum atomic E-state index is 5.98. The Hall–Kier alpha value is -0.580. The second-order valence-electron chi connectivity index (χ2n) is 6.04. The summed E-state index contributed by atoms with van der Waals surface area (Å²) in [6, 6.07) is 6.66. The van der Waals surface area contributed by atoms with Crippen molar-refractivity contribution in [1.29, 1.82) is 0 Å². The van der Waals surface area contributed by atoms with Gasteiger partial charge in [0.05, 0.1) is 17.1 Å². The topological polar surface area (TPSA) is 21.1 Å². The number of fused-ring (bicyclic) bond motifs is 1. The highest BCUT2D eigenvalue weighted by atomic mass is 79.9. The van der Waals surface area contributed by atoms with Crippen LogP contribution in [0.5, 0.6) is 0 Å². The molecule has 0 aliphatic heterocycles. The average Bonchev–Trinajstić information content (AvgIpc) is 2.73. The third-order valence-corrected chi connectivity index (χ3v) is 4.38. The molecule has 116 valence electrons. The van der Waals surface area contributed by atoms with E-state index in [1.54, 1.807) is 0 Å². The predicted octanol–water partition coefficient (Wildman–Crippen LogP) is 4.34. The highest BCUT2D eigenvalue weighted by Crippen LogP contribution is 2.29. The lowest BCUT2D eigenvalue weighted by molar-refractivity contribution is 0.269. The first-order chi connectivity index (χ1) is 9.93. The van der Waals surface area contributed by atoms with Crippen LogP contribution in [0, 0.1) is 5.92 Å². The van der Waals surface area contributed by atoms with E-state index in [1.807, 2.05) is 6.07 Å². The molecule has 0 N–H and O–H groups in total. The summed E-state index contributed by atoms with van der Waals surface area (Å²) in [5, 5.41) is 0. The lowest BCUT2D eigenvalue weighted by Crippen LogP contribution is -2.29. The van der Waals surface area contributed by atoms with E-state index in [0.717, 1.165) is 28.8 Å². The lowest BCUT2D eigenvalue weighted by atomic mass is 10.0. The highest BCUT2D eigenvalue weighted by Gasteiger charge is 2.22. The minimum atomic E-state index is 0.387. The molecule has 2 aromatic rings. The summed E-state index contributed by atoms with van der Waals surface area (Å²) in [6.07, 6.45) is 0.796. The van der Waals surface area contributed by atoms with Crippen molar-refractivity contribution in [1.82, 2.24) is 14.5 Å². The fourth-order valence-electron chi connectivity index (χ4n) is 2.71. The monoisotopic (exact) mass is 371 g/mol. The normalized spacial score (nSPS) is 13.5. The smallest absolute Gasteiger partial charge is 0.111 e. The predicted molar refractivity (Wildman–Crippen MR) is 94.3 cm³/mol. The van der Waals surface area contributed by atoms with E-state index in [0.29, 0.717) is 17.8 Å². The van der Waals surface area contributed by atoms with Crippen LogP contribution in [0.4, 0.5) is 0 Å². The molecule has 3 nitrogen and oxygen atoms in total. The maximum absolute atomic E-state index is 5.98. The SMILES string of the molecule is CC(C)C(CN(C)C)n1c(CCCl)nc2ccc(Br)cc21. The van der Waals surface area contributed by atoms with Crippen LogP contribution >= 0.6 is 27.5 Å². The quantitative estimate of drug-likeness (QED) is 0.703. The van der Waals surface area contributed by atoms with Crippen LogP contribution in [-0.2, 0) is 6.42 Å². The molecule has 0 aliphatic rings. The van der Waals surface area contributed by atoms with Crippen LogP contribution in [0.1, 0.15) is 25.7 Å². The summed E-state index contributed by atoms with van der Waals surface area (Å²) in [5.41, 5.74) is 2.23. The van der Waals surface area contributed by atoms with Gasteiger partial charge in [0.2, 0.25) is 0 Å². The molecule has 0 amide bonds. The summed E-state index contributed by atoms with van der Waals surface area (Å²) >= 11 is 9.56. The second kappa shape index (κ2) is 7.12. The number of nitrogens with zero attached hydrogens (tertiary/aromatic N) is 3. The Kier molecular flexibility index (Phi) is 5.69. The number of hydrogen-bond acceptors (Lipinski definition) is 2. The van der Waals surface area contributed by atoms with E-state index in [4.69, 9.17) is 16.6 Å². The molecule has 21 heavy (non-hydrogen) atoms. The van der Waals surface area contributed by atoms with Gasteiger partial charge in [0.15, 0.2) is 0 Å². The largest absolute Gasteiger partial charge is 0.323 e. The molecule has 1 aromatic heterocycles. The number of halogens is 2. The van der Waals surface area contributed by atoms with Gasteiger partial charge in [-0.1, -0.05) is 29.8 Å². The number of aryl methyl sites for hydroxylation is 1. The molecular weight excluding hydrogens is 350 g/mol. The first-order valence-electron chi connectivity index (χ1n) is 7.31. The van der Waals surface area contributed by atoms with Crippen molar-refractivity contribution >= 4 is 38.6 Å². The molecule has 0 fully saturated rings.